The summed E-state index contributed by atoms with van der Waals surface area (Å²) in [5.41, 5.74) is 4.05. The Morgan fingerprint density at radius 2 is 2.22 bits per heavy atom. The molecule has 6 heteroatoms. The number of methoxy groups -OCH3 is 1. The molecule has 1 aromatic rings. The fourth-order valence-electron chi connectivity index (χ4n) is 1.75. The van der Waals surface area contributed by atoms with Gasteiger partial charge in [0.2, 0.25) is 0 Å². The molecule has 1 aromatic heterocycles. The molecule has 1 unspecified atom stereocenters. The first-order valence-corrected chi connectivity index (χ1v) is 6.27. The van der Waals surface area contributed by atoms with Gasteiger partial charge in [0.1, 0.15) is 0 Å². The zero-order valence-electron chi connectivity index (χ0n) is 11.3. The number of aromatic nitrogens is 2. The lowest BCUT2D eigenvalue weighted by Gasteiger charge is -2.15. The van der Waals surface area contributed by atoms with Crippen LogP contribution in [0.25, 0.3) is 0 Å². The highest BCUT2D eigenvalue weighted by Crippen LogP contribution is 2.06. The minimum absolute atomic E-state index is 0.266. The van der Waals surface area contributed by atoms with Crippen molar-refractivity contribution in [1.82, 2.24) is 15.2 Å². The second-order valence-corrected chi connectivity index (χ2v) is 4.24. The summed E-state index contributed by atoms with van der Waals surface area (Å²) in [5, 5.41) is 4.14. The number of rotatable bonds is 10. The minimum Gasteiger partial charge on any atom is -0.382 e. The van der Waals surface area contributed by atoms with Gasteiger partial charge in [-0.05, 0) is 25.3 Å². The fraction of sp³-hybridized carbons (Fsp3) is 0.750. The van der Waals surface area contributed by atoms with E-state index in [1.54, 1.807) is 7.11 Å². The van der Waals surface area contributed by atoms with Gasteiger partial charge in [0.15, 0.2) is 0 Å². The summed E-state index contributed by atoms with van der Waals surface area (Å²) in [6.45, 7) is 1.97. The maximum absolute atomic E-state index is 5.54. The van der Waals surface area contributed by atoms with Crippen LogP contribution < -0.4 is 11.3 Å². The van der Waals surface area contributed by atoms with E-state index < -0.39 is 0 Å². The smallest absolute Gasteiger partial charge is 0.0700 e. The molecule has 0 aliphatic rings. The van der Waals surface area contributed by atoms with Crippen molar-refractivity contribution in [1.29, 1.82) is 0 Å². The van der Waals surface area contributed by atoms with Crippen LogP contribution in [0, 0.1) is 0 Å². The first kappa shape index (κ1) is 15.1. The number of hydrogen-bond acceptors (Lipinski definition) is 5. The van der Waals surface area contributed by atoms with Gasteiger partial charge in [-0.3, -0.25) is 16.0 Å². The molecule has 0 amide bonds. The molecule has 6 nitrogen and oxygen atoms in total. The van der Waals surface area contributed by atoms with E-state index in [2.05, 4.69) is 10.5 Å². The van der Waals surface area contributed by atoms with E-state index in [0.717, 1.165) is 19.3 Å². The number of hydrogen-bond donors (Lipinski definition) is 2. The highest BCUT2D eigenvalue weighted by Gasteiger charge is 2.08. The van der Waals surface area contributed by atoms with Crippen molar-refractivity contribution in [2.45, 2.75) is 25.3 Å². The Morgan fingerprint density at radius 1 is 1.39 bits per heavy atom. The molecule has 1 rings (SSSR count). The molecule has 0 aliphatic heterocycles. The molecule has 3 N–H and O–H groups in total. The lowest BCUT2D eigenvalue weighted by atomic mass is 10.1. The number of nitrogens with one attached hydrogen (secondary N) is 1. The molecule has 0 aromatic carbocycles. The monoisotopic (exact) mass is 256 g/mol. The van der Waals surface area contributed by atoms with Gasteiger partial charge in [-0.25, -0.2) is 0 Å². The summed E-state index contributed by atoms with van der Waals surface area (Å²) in [5.74, 6) is 5.54. The number of ether oxygens (including phenoxy) is 2. The Balaban J connectivity index is 2.15. The van der Waals surface area contributed by atoms with Crippen LogP contribution in [0.5, 0.6) is 0 Å². The highest BCUT2D eigenvalue weighted by atomic mass is 16.5. The maximum atomic E-state index is 5.54. The van der Waals surface area contributed by atoms with E-state index in [1.807, 2.05) is 24.0 Å². The summed E-state index contributed by atoms with van der Waals surface area (Å²) >= 11 is 0. The zero-order valence-corrected chi connectivity index (χ0v) is 11.3. The molecule has 1 atom stereocenters. The number of aryl methyl sites for hydroxylation is 2. The van der Waals surface area contributed by atoms with Crippen LogP contribution in [0.1, 0.15) is 18.5 Å². The summed E-state index contributed by atoms with van der Waals surface area (Å²) in [4.78, 5) is 0. The van der Waals surface area contributed by atoms with Gasteiger partial charge in [-0.15, -0.1) is 0 Å². The molecule has 0 radical (unpaired) electrons. The first-order chi connectivity index (χ1) is 8.77. The Kier molecular flexibility index (Phi) is 7.59. The van der Waals surface area contributed by atoms with Crippen molar-refractivity contribution in [3.8, 4) is 0 Å². The Morgan fingerprint density at radius 3 is 2.83 bits per heavy atom. The Bertz CT molecular complexity index is 317. The van der Waals surface area contributed by atoms with Crippen molar-refractivity contribution >= 4 is 0 Å². The van der Waals surface area contributed by atoms with Crippen LogP contribution in [0.2, 0.25) is 0 Å². The largest absolute Gasteiger partial charge is 0.382 e. The lowest BCUT2D eigenvalue weighted by Crippen LogP contribution is -2.36. The number of nitrogens with two attached hydrogens (primary N) is 1. The summed E-state index contributed by atoms with van der Waals surface area (Å²) < 4.78 is 12.2. The SMILES string of the molecule is COCCOCCC(CCc1ccnn1C)NN. The normalized spacial score (nSPS) is 12.8. The Labute approximate surface area is 108 Å². The maximum Gasteiger partial charge on any atom is 0.0700 e. The molecule has 0 bridgehead atoms. The molecule has 0 saturated carbocycles. The van der Waals surface area contributed by atoms with Crippen LogP contribution in [-0.2, 0) is 22.9 Å². The van der Waals surface area contributed by atoms with Gasteiger partial charge in [0.25, 0.3) is 0 Å². The van der Waals surface area contributed by atoms with E-state index in [-0.39, 0.29) is 6.04 Å². The standard InChI is InChI=1S/C12H24N4O2/c1-16-12(5-7-14-16)4-3-11(15-13)6-8-18-10-9-17-2/h5,7,11,15H,3-4,6,8-10,13H2,1-2H3. The van der Waals surface area contributed by atoms with Gasteiger partial charge in [-0.2, -0.15) is 5.10 Å². The van der Waals surface area contributed by atoms with Crippen molar-refractivity contribution in [3.05, 3.63) is 18.0 Å². The number of nitrogens with zero attached hydrogens (tertiary/aromatic N) is 2. The van der Waals surface area contributed by atoms with Crippen LogP contribution in [0.3, 0.4) is 0 Å². The average molecular weight is 256 g/mol. The van der Waals surface area contributed by atoms with Crippen molar-refractivity contribution < 1.29 is 9.47 Å². The molecule has 0 aliphatic carbocycles. The molecule has 0 saturated heterocycles. The van der Waals surface area contributed by atoms with Gasteiger partial charge in [-0.1, -0.05) is 0 Å². The molecule has 104 valence electrons. The summed E-state index contributed by atoms with van der Waals surface area (Å²) in [7, 11) is 3.62. The minimum atomic E-state index is 0.266. The predicted molar refractivity (Wildman–Crippen MR) is 70.0 cm³/mol. The summed E-state index contributed by atoms with van der Waals surface area (Å²) in [6.07, 6.45) is 4.65. The summed E-state index contributed by atoms with van der Waals surface area (Å²) in [6, 6.07) is 2.30. The topological polar surface area (TPSA) is 74.3 Å². The second-order valence-electron chi connectivity index (χ2n) is 4.24. The molecule has 0 spiro atoms. The zero-order chi connectivity index (χ0) is 13.2. The molecule has 18 heavy (non-hydrogen) atoms. The van der Waals surface area contributed by atoms with Gasteiger partial charge >= 0.3 is 0 Å². The third kappa shape index (κ3) is 5.59. The van der Waals surface area contributed by atoms with E-state index in [9.17, 15) is 0 Å². The predicted octanol–water partition coefficient (Wildman–Crippen LogP) is 0.238. The van der Waals surface area contributed by atoms with E-state index in [0.29, 0.717) is 19.8 Å². The first-order valence-electron chi connectivity index (χ1n) is 6.27. The van der Waals surface area contributed by atoms with Crippen LogP contribution in [-0.4, -0.2) is 42.8 Å². The van der Waals surface area contributed by atoms with Gasteiger partial charge in [0.05, 0.1) is 13.2 Å². The molecule has 1 heterocycles. The van der Waals surface area contributed by atoms with Gasteiger partial charge < -0.3 is 9.47 Å². The molecular formula is C12H24N4O2. The van der Waals surface area contributed by atoms with Crippen molar-refractivity contribution in [2.24, 2.45) is 12.9 Å². The van der Waals surface area contributed by atoms with Crippen molar-refractivity contribution in [2.75, 3.05) is 26.9 Å². The third-order valence-electron chi connectivity index (χ3n) is 2.95. The molecular weight excluding hydrogens is 232 g/mol. The van der Waals surface area contributed by atoms with E-state index in [4.69, 9.17) is 15.3 Å². The number of hydrazine groups is 1. The van der Waals surface area contributed by atoms with E-state index in [1.165, 1.54) is 5.69 Å². The van der Waals surface area contributed by atoms with Gasteiger partial charge in [0, 0.05) is 38.7 Å². The van der Waals surface area contributed by atoms with Crippen LogP contribution in [0.4, 0.5) is 0 Å². The van der Waals surface area contributed by atoms with Crippen molar-refractivity contribution in [3.63, 3.8) is 0 Å². The van der Waals surface area contributed by atoms with Crippen LogP contribution in [0.15, 0.2) is 12.3 Å². The fourth-order valence-corrected chi connectivity index (χ4v) is 1.75. The van der Waals surface area contributed by atoms with Crippen LogP contribution >= 0.6 is 0 Å². The van der Waals surface area contributed by atoms with E-state index >= 15 is 0 Å². The quantitative estimate of drug-likeness (QED) is 0.356. The third-order valence-corrected chi connectivity index (χ3v) is 2.95. The molecule has 0 fully saturated rings. The lowest BCUT2D eigenvalue weighted by molar-refractivity contribution is 0.0654. The second kappa shape index (κ2) is 9.04. The average Bonchev–Trinajstić information content (AvgIpc) is 2.78. The highest BCUT2D eigenvalue weighted by molar-refractivity contribution is 5.00. The Hall–Kier alpha value is -0.950.